The average Bonchev–Trinajstić information content (AvgIpc) is 2.96. The second-order valence-electron chi connectivity index (χ2n) is 4.61. The molecule has 0 aliphatic rings. The monoisotopic (exact) mass is 326 g/mol. The third-order valence-corrected chi connectivity index (χ3v) is 2.96. The van der Waals surface area contributed by atoms with Crippen LogP contribution < -0.4 is 9.47 Å². The van der Waals surface area contributed by atoms with Crippen LogP contribution in [0.15, 0.2) is 48.8 Å². The lowest BCUT2D eigenvalue weighted by atomic mass is 10.3. The van der Waals surface area contributed by atoms with Crippen molar-refractivity contribution in [2.24, 2.45) is 0 Å². The van der Waals surface area contributed by atoms with Gasteiger partial charge in [0.1, 0.15) is 23.8 Å². The van der Waals surface area contributed by atoms with E-state index < -0.39 is 13.0 Å². The van der Waals surface area contributed by atoms with Gasteiger partial charge in [-0.3, -0.25) is 4.40 Å². The van der Waals surface area contributed by atoms with E-state index in [9.17, 15) is 17.6 Å². The quantitative estimate of drug-likeness (QED) is 0.663. The number of alkyl halides is 4. The van der Waals surface area contributed by atoms with Gasteiger partial charge in [-0.05, 0) is 35.9 Å². The van der Waals surface area contributed by atoms with E-state index in [1.165, 1.54) is 24.4 Å². The molecule has 0 fully saturated rings. The van der Waals surface area contributed by atoms with Gasteiger partial charge in [0.2, 0.25) is 5.88 Å². The van der Waals surface area contributed by atoms with Crippen molar-refractivity contribution in [3.05, 3.63) is 54.4 Å². The lowest BCUT2D eigenvalue weighted by Crippen LogP contribution is -2.16. The van der Waals surface area contributed by atoms with Crippen molar-refractivity contribution in [3.63, 3.8) is 0 Å². The fourth-order valence-corrected chi connectivity index (χ4v) is 2.03. The van der Waals surface area contributed by atoms with Gasteiger partial charge >= 0.3 is 6.36 Å². The Kier molecular flexibility index (Phi) is 3.81. The first-order valence-electron chi connectivity index (χ1n) is 6.50. The van der Waals surface area contributed by atoms with Gasteiger partial charge in [-0.1, -0.05) is 0 Å². The van der Waals surface area contributed by atoms with Gasteiger partial charge in [0.15, 0.2) is 0 Å². The van der Waals surface area contributed by atoms with E-state index in [1.807, 2.05) is 0 Å². The average molecular weight is 326 g/mol. The predicted octanol–water partition coefficient (Wildman–Crippen LogP) is 4.49. The number of fused-ring (bicyclic) bond motifs is 1. The minimum absolute atomic E-state index is 0.283. The zero-order chi connectivity index (χ0) is 16.4. The summed E-state index contributed by atoms with van der Waals surface area (Å²) in [4.78, 5) is 4.06. The minimum atomic E-state index is -4.75. The van der Waals surface area contributed by atoms with Crippen LogP contribution in [-0.4, -0.2) is 15.7 Å². The summed E-state index contributed by atoms with van der Waals surface area (Å²) in [7, 11) is 0. The number of ether oxygens (including phenoxy) is 2. The molecule has 0 aliphatic carbocycles. The van der Waals surface area contributed by atoms with Crippen LogP contribution in [-0.2, 0) is 6.67 Å². The zero-order valence-electron chi connectivity index (χ0n) is 11.5. The van der Waals surface area contributed by atoms with Crippen LogP contribution >= 0.6 is 0 Å². The molecule has 0 bridgehead atoms. The smallest absolute Gasteiger partial charge is 0.440 e. The Morgan fingerprint density at radius 2 is 1.74 bits per heavy atom. The molecule has 0 aliphatic heterocycles. The number of hydrogen-bond donors (Lipinski definition) is 0. The van der Waals surface area contributed by atoms with Gasteiger partial charge < -0.3 is 9.47 Å². The number of benzene rings is 1. The highest BCUT2D eigenvalue weighted by atomic mass is 19.4. The van der Waals surface area contributed by atoms with Gasteiger partial charge in [-0.2, -0.15) is 0 Å². The molecule has 0 radical (unpaired) electrons. The Hall–Kier alpha value is -2.77. The normalized spacial score (nSPS) is 11.7. The molecule has 8 heteroatoms. The topological polar surface area (TPSA) is 35.8 Å². The maximum absolute atomic E-state index is 12.9. The van der Waals surface area contributed by atoms with E-state index in [2.05, 4.69) is 9.72 Å². The lowest BCUT2D eigenvalue weighted by Gasteiger charge is -2.11. The van der Waals surface area contributed by atoms with Crippen LogP contribution in [0.3, 0.4) is 0 Å². The first-order chi connectivity index (χ1) is 10.9. The van der Waals surface area contributed by atoms with Crippen molar-refractivity contribution < 1.29 is 27.0 Å². The summed E-state index contributed by atoms with van der Waals surface area (Å²) in [5.74, 6) is 0.234. The largest absolute Gasteiger partial charge is 0.573 e. The Morgan fingerprint density at radius 3 is 2.39 bits per heavy atom. The maximum atomic E-state index is 12.9. The van der Waals surface area contributed by atoms with Gasteiger partial charge in [0, 0.05) is 18.5 Å². The van der Waals surface area contributed by atoms with Gasteiger partial charge in [-0.15, -0.1) is 13.2 Å². The SMILES string of the molecule is FCc1cc(Oc2ccc(OC(F)(F)F)cc2)n2ccnc2c1. The first kappa shape index (κ1) is 15.1. The number of imidazole rings is 1. The van der Waals surface area contributed by atoms with E-state index in [0.29, 0.717) is 17.1 Å². The Balaban J connectivity index is 1.86. The molecular weight excluding hydrogens is 316 g/mol. The first-order valence-corrected chi connectivity index (χ1v) is 6.50. The van der Waals surface area contributed by atoms with Gasteiger partial charge in [-0.25, -0.2) is 9.37 Å². The molecular formula is C15H10F4N2O2. The molecule has 0 unspecified atom stereocenters. The highest BCUT2D eigenvalue weighted by molar-refractivity contribution is 5.47. The van der Waals surface area contributed by atoms with Crippen molar-refractivity contribution in [1.82, 2.24) is 9.38 Å². The predicted molar refractivity (Wildman–Crippen MR) is 73.2 cm³/mol. The van der Waals surface area contributed by atoms with E-state index in [-0.39, 0.29) is 11.5 Å². The lowest BCUT2D eigenvalue weighted by molar-refractivity contribution is -0.274. The van der Waals surface area contributed by atoms with E-state index in [0.717, 1.165) is 12.1 Å². The number of halogens is 4. The second kappa shape index (κ2) is 5.79. The standard InChI is InChI=1S/C15H10F4N2O2/c16-9-10-7-13-20-5-6-21(13)14(8-10)22-11-1-3-12(4-2-11)23-15(17,18)19/h1-8H,9H2. The van der Waals surface area contributed by atoms with Crippen LogP contribution in [0.4, 0.5) is 17.6 Å². The summed E-state index contributed by atoms with van der Waals surface area (Å²) in [5, 5.41) is 0. The molecule has 0 amide bonds. The third-order valence-electron chi connectivity index (χ3n) is 2.96. The molecule has 0 saturated carbocycles. The summed E-state index contributed by atoms with van der Waals surface area (Å²) >= 11 is 0. The van der Waals surface area contributed by atoms with Crippen LogP contribution in [0.2, 0.25) is 0 Å². The highest BCUT2D eigenvalue weighted by Crippen LogP contribution is 2.28. The molecule has 120 valence electrons. The van der Waals surface area contributed by atoms with Crippen LogP contribution in [0, 0.1) is 0 Å². The van der Waals surface area contributed by atoms with Crippen molar-refractivity contribution >= 4 is 5.65 Å². The molecule has 2 heterocycles. The zero-order valence-corrected chi connectivity index (χ0v) is 11.5. The van der Waals surface area contributed by atoms with Crippen molar-refractivity contribution in [2.75, 3.05) is 0 Å². The van der Waals surface area contributed by atoms with Gasteiger partial charge in [0.05, 0.1) is 0 Å². The highest BCUT2D eigenvalue weighted by Gasteiger charge is 2.30. The second-order valence-corrected chi connectivity index (χ2v) is 4.61. The molecule has 23 heavy (non-hydrogen) atoms. The van der Waals surface area contributed by atoms with Crippen LogP contribution in [0.5, 0.6) is 17.4 Å². The summed E-state index contributed by atoms with van der Waals surface area (Å²) in [6, 6.07) is 7.99. The molecule has 0 N–H and O–H groups in total. The van der Waals surface area contributed by atoms with Gasteiger partial charge in [0.25, 0.3) is 0 Å². The van der Waals surface area contributed by atoms with Crippen LogP contribution in [0.25, 0.3) is 5.65 Å². The fourth-order valence-electron chi connectivity index (χ4n) is 2.03. The molecule has 3 rings (SSSR count). The summed E-state index contributed by atoms with van der Waals surface area (Å²) in [6.07, 6.45) is -1.58. The molecule has 0 spiro atoms. The van der Waals surface area contributed by atoms with E-state index in [1.54, 1.807) is 16.7 Å². The van der Waals surface area contributed by atoms with Crippen LogP contribution in [0.1, 0.15) is 5.56 Å². The molecule has 4 nitrogen and oxygen atoms in total. The van der Waals surface area contributed by atoms with Crippen molar-refractivity contribution in [1.29, 1.82) is 0 Å². The molecule has 0 saturated heterocycles. The number of pyridine rings is 1. The molecule has 3 aromatic rings. The Labute approximate surface area is 127 Å². The van der Waals surface area contributed by atoms with E-state index in [4.69, 9.17) is 4.74 Å². The van der Waals surface area contributed by atoms with E-state index >= 15 is 0 Å². The Morgan fingerprint density at radius 1 is 1.04 bits per heavy atom. The van der Waals surface area contributed by atoms with Crippen molar-refractivity contribution in [2.45, 2.75) is 13.0 Å². The fraction of sp³-hybridized carbons (Fsp3) is 0.133. The molecule has 0 atom stereocenters. The Bertz CT molecular complexity index is 812. The van der Waals surface area contributed by atoms with Crippen molar-refractivity contribution in [3.8, 4) is 17.4 Å². The minimum Gasteiger partial charge on any atom is -0.440 e. The summed E-state index contributed by atoms with van der Waals surface area (Å²) < 4.78 is 60.2. The maximum Gasteiger partial charge on any atom is 0.573 e. The third kappa shape index (κ3) is 3.53. The molecule has 2 aromatic heterocycles. The summed E-state index contributed by atoms with van der Waals surface area (Å²) in [6.45, 7) is -0.682. The number of rotatable bonds is 4. The number of aromatic nitrogens is 2. The molecule has 1 aromatic carbocycles. The number of hydrogen-bond acceptors (Lipinski definition) is 3. The summed E-state index contributed by atoms with van der Waals surface area (Å²) in [5.41, 5.74) is 0.892. The number of nitrogens with zero attached hydrogens (tertiary/aromatic N) is 2.